The van der Waals surface area contributed by atoms with Crippen LogP contribution >= 0.6 is 11.3 Å². The van der Waals surface area contributed by atoms with E-state index in [-0.39, 0.29) is 0 Å². The molecule has 0 aromatic carbocycles. The number of aromatic nitrogens is 1. The molecule has 84 valence electrons. The van der Waals surface area contributed by atoms with Crippen molar-refractivity contribution in [3.05, 3.63) is 28.2 Å². The molecule has 0 fully saturated rings. The molecule has 0 saturated carbocycles. The Morgan fingerprint density at radius 2 is 2.33 bits per heavy atom. The molecule has 3 heteroatoms. The van der Waals surface area contributed by atoms with Gasteiger partial charge in [-0.25, -0.2) is 4.98 Å². The number of nitrogens with zero attached hydrogens (tertiary/aromatic N) is 1. The van der Waals surface area contributed by atoms with Crippen molar-refractivity contribution in [2.24, 2.45) is 0 Å². The molecule has 1 aromatic heterocycles. The van der Waals surface area contributed by atoms with Crippen molar-refractivity contribution in [1.29, 1.82) is 0 Å². The van der Waals surface area contributed by atoms with E-state index in [9.17, 15) is 0 Å². The fraction of sp³-hybridized carbons (Fsp3) is 0.583. The average molecular weight is 224 g/mol. The third kappa shape index (κ3) is 3.76. The van der Waals surface area contributed by atoms with Crippen molar-refractivity contribution in [3.8, 4) is 0 Å². The lowest BCUT2D eigenvalue weighted by atomic mass is 10.0. The van der Waals surface area contributed by atoms with Gasteiger partial charge in [0, 0.05) is 5.38 Å². The molecule has 1 heterocycles. The van der Waals surface area contributed by atoms with E-state index in [1.54, 1.807) is 11.3 Å². The highest BCUT2D eigenvalue weighted by Gasteiger charge is 2.13. The van der Waals surface area contributed by atoms with Crippen molar-refractivity contribution in [2.75, 3.05) is 6.54 Å². The van der Waals surface area contributed by atoms with E-state index in [1.807, 2.05) is 6.92 Å². The van der Waals surface area contributed by atoms with Crippen LogP contribution in [0.25, 0.3) is 0 Å². The first-order chi connectivity index (χ1) is 7.17. The summed E-state index contributed by atoms with van der Waals surface area (Å²) in [5.41, 5.74) is 2.44. The van der Waals surface area contributed by atoms with Gasteiger partial charge >= 0.3 is 0 Å². The van der Waals surface area contributed by atoms with Crippen molar-refractivity contribution >= 4 is 11.3 Å². The van der Waals surface area contributed by atoms with Crippen LogP contribution in [0.2, 0.25) is 0 Å². The minimum absolute atomic E-state index is 0.340. The van der Waals surface area contributed by atoms with E-state index in [4.69, 9.17) is 0 Å². The molecule has 1 aromatic rings. The standard InChI is InChI=1S/C12H20N2S/c1-5-9(3)7-11(13-6-2)12-8-15-10(4)14-12/h8,11,13H,3,5-7H2,1-2,4H3. The van der Waals surface area contributed by atoms with E-state index >= 15 is 0 Å². The summed E-state index contributed by atoms with van der Waals surface area (Å²) in [4.78, 5) is 4.53. The zero-order valence-electron chi connectivity index (χ0n) is 9.84. The van der Waals surface area contributed by atoms with E-state index in [1.165, 1.54) is 5.57 Å². The van der Waals surface area contributed by atoms with Gasteiger partial charge in [-0.05, 0) is 26.3 Å². The Labute approximate surface area is 96.4 Å². The van der Waals surface area contributed by atoms with Crippen LogP contribution in [0.15, 0.2) is 17.5 Å². The maximum Gasteiger partial charge on any atom is 0.0898 e. The quantitative estimate of drug-likeness (QED) is 0.749. The number of nitrogens with one attached hydrogen (secondary N) is 1. The molecule has 1 atom stereocenters. The summed E-state index contributed by atoms with van der Waals surface area (Å²) in [5.74, 6) is 0. The van der Waals surface area contributed by atoms with Gasteiger partial charge in [0.15, 0.2) is 0 Å². The molecule has 2 nitrogen and oxygen atoms in total. The van der Waals surface area contributed by atoms with Crippen LogP contribution < -0.4 is 5.32 Å². The van der Waals surface area contributed by atoms with Crippen LogP contribution in [0.4, 0.5) is 0 Å². The smallest absolute Gasteiger partial charge is 0.0898 e. The molecule has 0 aliphatic rings. The second kappa shape index (κ2) is 6.03. The highest BCUT2D eigenvalue weighted by Crippen LogP contribution is 2.23. The lowest BCUT2D eigenvalue weighted by Gasteiger charge is -2.16. The van der Waals surface area contributed by atoms with Crippen molar-refractivity contribution in [2.45, 2.75) is 39.7 Å². The first kappa shape index (κ1) is 12.4. The number of aryl methyl sites for hydroxylation is 1. The molecule has 0 spiro atoms. The predicted octanol–water partition coefficient (Wildman–Crippen LogP) is 3.46. The molecule has 0 aliphatic carbocycles. The van der Waals surface area contributed by atoms with Gasteiger partial charge in [0.1, 0.15) is 0 Å². The SMILES string of the molecule is C=C(CC)CC(NCC)c1csc(C)n1. The van der Waals surface area contributed by atoms with Crippen LogP contribution in [0.5, 0.6) is 0 Å². The van der Waals surface area contributed by atoms with E-state index in [0.717, 1.165) is 30.1 Å². The minimum atomic E-state index is 0.340. The molecule has 0 amide bonds. The summed E-state index contributed by atoms with van der Waals surface area (Å²) in [5, 5.41) is 6.74. The highest BCUT2D eigenvalue weighted by atomic mass is 32.1. The van der Waals surface area contributed by atoms with Crippen LogP contribution in [-0.2, 0) is 0 Å². The fourth-order valence-electron chi connectivity index (χ4n) is 1.50. The second-order valence-corrected chi connectivity index (χ2v) is 4.77. The average Bonchev–Trinajstić information content (AvgIpc) is 2.64. The van der Waals surface area contributed by atoms with E-state index in [0.29, 0.717) is 6.04 Å². The van der Waals surface area contributed by atoms with Crippen LogP contribution in [0, 0.1) is 6.92 Å². The lowest BCUT2D eigenvalue weighted by molar-refractivity contribution is 0.532. The van der Waals surface area contributed by atoms with Gasteiger partial charge < -0.3 is 5.32 Å². The third-order valence-electron chi connectivity index (χ3n) is 2.44. The summed E-state index contributed by atoms with van der Waals surface area (Å²) in [7, 11) is 0. The Kier molecular flexibility index (Phi) is 4.99. The maximum absolute atomic E-state index is 4.53. The summed E-state index contributed by atoms with van der Waals surface area (Å²) in [6, 6.07) is 0.340. The Hall–Kier alpha value is -0.670. The number of thiazole rings is 1. The Morgan fingerprint density at radius 1 is 1.60 bits per heavy atom. The van der Waals surface area contributed by atoms with Gasteiger partial charge in [-0.2, -0.15) is 0 Å². The third-order valence-corrected chi connectivity index (χ3v) is 3.23. The number of hydrogen-bond donors (Lipinski definition) is 1. The molecule has 0 bridgehead atoms. The van der Waals surface area contributed by atoms with Crippen molar-refractivity contribution < 1.29 is 0 Å². The van der Waals surface area contributed by atoms with Crippen LogP contribution in [0.3, 0.4) is 0 Å². The van der Waals surface area contributed by atoms with Crippen molar-refractivity contribution in [3.63, 3.8) is 0 Å². The molecular formula is C12H20N2S. The predicted molar refractivity (Wildman–Crippen MR) is 67.3 cm³/mol. The van der Waals surface area contributed by atoms with Gasteiger partial charge in [0.05, 0.1) is 16.7 Å². The Bertz CT molecular complexity index is 317. The molecule has 0 aliphatic heterocycles. The second-order valence-electron chi connectivity index (χ2n) is 3.71. The molecule has 1 N–H and O–H groups in total. The Balaban J connectivity index is 2.69. The molecular weight excluding hydrogens is 204 g/mol. The summed E-state index contributed by atoms with van der Waals surface area (Å²) in [6.07, 6.45) is 2.04. The van der Waals surface area contributed by atoms with E-state index < -0.39 is 0 Å². The highest BCUT2D eigenvalue weighted by molar-refractivity contribution is 7.09. The van der Waals surface area contributed by atoms with Crippen LogP contribution in [0.1, 0.15) is 43.4 Å². The summed E-state index contributed by atoms with van der Waals surface area (Å²) >= 11 is 1.71. The number of rotatable bonds is 6. The zero-order valence-corrected chi connectivity index (χ0v) is 10.7. The molecule has 0 radical (unpaired) electrons. The fourth-order valence-corrected chi connectivity index (χ4v) is 2.17. The minimum Gasteiger partial charge on any atom is -0.309 e. The number of hydrogen-bond acceptors (Lipinski definition) is 3. The normalized spacial score (nSPS) is 12.7. The largest absolute Gasteiger partial charge is 0.309 e. The monoisotopic (exact) mass is 224 g/mol. The van der Waals surface area contributed by atoms with Crippen LogP contribution in [-0.4, -0.2) is 11.5 Å². The Morgan fingerprint density at radius 3 is 2.80 bits per heavy atom. The summed E-state index contributed by atoms with van der Waals surface area (Å²) < 4.78 is 0. The maximum atomic E-state index is 4.53. The van der Waals surface area contributed by atoms with Gasteiger partial charge in [-0.15, -0.1) is 11.3 Å². The molecule has 1 rings (SSSR count). The first-order valence-corrected chi connectivity index (χ1v) is 6.37. The summed E-state index contributed by atoms with van der Waals surface area (Å²) in [6.45, 7) is 11.4. The van der Waals surface area contributed by atoms with Gasteiger partial charge in [0.2, 0.25) is 0 Å². The molecule has 15 heavy (non-hydrogen) atoms. The topological polar surface area (TPSA) is 24.9 Å². The van der Waals surface area contributed by atoms with Crippen molar-refractivity contribution in [1.82, 2.24) is 10.3 Å². The zero-order chi connectivity index (χ0) is 11.3. The van der Waals surface area contributed by atoms with Gasteiger partial charge in [-0.3, -0.25) is 0 Å². The first-order valence-electron chi connectivity index (χ1n) is 5.49. The van der Waals surface area contributed by atoms with E-state index in [2.05, 4.69) is 36.1 Å². The molecule has 1 unspecified atom stereocenters. The van der Waals surface area contributed by atoms with Gasteiger partial charge in [-0.1, -0.05) is 26.0 Å². The lowest BCUT2D eigenvalue weighted by Crippen LogP contribution is -2.21. The molecule has 0 saturated heterocycles. The van der Waals surface area contributed by atoms with Gasteiger partial charge in [0.25, 0.3) is 0 Å².